The number of rotatable bonds is 4. The van der Waals surface area contributed by atoms with Crippen LogP contribution in [0.1, 0.15) is 18.5 Å². The maximum Gasteiger partial charge on any atom is 0.145 e. The zero-order chi connectivity index (χ0) is 13.0. The van der Waals surface area contributed by atoms with Crippen molar-refractivity contribution in [2.24, 2.45) is 5.84 Å². The van der Waals surface area contributed by atoms with Crippen LogP contribution in [0, 0.1) is 0 Å². The summed E-state index contributed by atoms with van der Waals surface area (Å²) in [6.45, 7) is 2.07. The first-order valence-electron chi connectivity index (χ1n) is 5.49. The number of nitrogens with zero attached hydrogens (tertiary/aromatic N) is 2. The number of halogens is 1. The van der Waals surface area contributed by atoms with Gasteiger partial charge in [-0.2, -0.15) is 0 Å². The van der Waals surface area contributed by atoms with E-state index in [2.05, 4.69) is 55.7 Å². The van der Waals surface area contributed by atoms with Crippen molar-refractivity contribution in [1.29, 1.82) is 0 Å². The highest BCUT2D eigenvalue weighted by Crippen LogP contribution is 2.20. The molecule has 1 heterocycles. The molecular formula is C12H14BrN5. The van der Waals surface area contributed by atoms with Crippen LogP contribution < -0.4 is 16.6 Å². The van der Waals surface area contributed by atoms with Gasteiger partial charge in [0.2, 0.25) is 0 Å². The lowest BCUT2D eigenvalue weighted by atomic mass is 10.1. The molecule has 0 spiro atoms. The summed E-state index contributed by atoms with van der Waals surface area (Å²) in [5.74, 6) is 6.61. The monoisotopic (exact) mass is 307 g/mol. The maximum atomic E-state index is 5.30. The fourth-order valence-corrected chi connectivity index (χ4v) is 1.84. The number of anilines is 2. The highest BCUT2D eigenvalue weighted by molar-refractivity contribution is 9.10. The summed E-state index contributed by atoms with van der Waals surface area (Å²) in [6, 6.07) is 10.1. The lowest BCUT2D eigenvalue weighted by Gasteiger charge is -2.15. The zero-order valence-electron chi connectivity index (χ0n) is 9.89. The van der Waals surface area contributed by atoms with Crippen molar-refractivity contribution in [3.05, 3.63) is 46.7 Å². The largest absolute Gasteiger partial charge is 0.363 e. The summed E-state index contributed by atoms with van der Waals surface area (Å²) in [5, 5.41) is 3.29. The Morgan fingerprint density at radius 1 is 1.17 bits per heavy atom. The second kappa shape index (κ2) is 5.79. The molecule has 0 fully saturated rings. The van der Waals surface area contributed by atoms with Gasteiger partial charge in [-0.25, -0.2) is 15.8 Å². The summed E-state index contributed by atoms with van der Waals surface area (Å²) < 4.78 is 1.06. The summed E-state index contributed by atoms with van der Waals surface area (Å²) in [6.07, 6.45) is 1.46. The van der Waals surface area contributed by atoms with Crippen LogP contribution in [0.15, 0.2) is 41.1 Å². The Balaban J connectivity index is 2.10. The molecule has 1 atom stereocenters. The van der Waals surface area contributed by atoms with E-state index in [4.69, 9.17) is 5.84 Å². The molecule has 0 saturated carbocycles. The molecule has 1 aromatic heterocycles. The van der Waals surface area contributed by atoms with Crippen molar-refractivity contribution in [1.82, 2.24) is 9.97 Å². The molecule has 0 saturated heterocycles. The average Bonchev–Trinajstić information content (AvgIpc) is 2.39. The second-order valence-corrected chi connectivity index (χ2v) is 4.77. The van der Waals surface area contributed by atoms with Gasteiger partial charge in [-0.15, -0.1) is 0 Å². The smallest absolute Gasteiger partial charge is 0.145 e. The summed E-state index contributed by atoms with van der Waals surface area (Å²) >= 11 is 3.42. The Morgan fingerprint density at radius 3 is 2.50 bits per heavy atom. The first kappa shape index (κ1) is 12.8. The van der Waals surface area contributed by atoms with E-state index in [1.807, 2.05) is 12.1 Å². The van der Waals surface area contributed by atoms with Crippen molar-refractivity contribution in [3.63, 3.8) is 0 Å². The molecule has 1 aromatic carbocycles. The van der Waals surface area contributed by atoms with E-state index >= 15 is 0 Å². The van der Waals surface area contributed by atoms with E-state index in [-0.39, 0.29) is 6.04 Å². The van der Waals surface area contributed by atoms with Gasteiger partial charge in [0.15, 0.2) is 0 Å². The van der Waals surface area contributed by atoms with Crippen LogP contribution in [-0.2, 0) is 0 Å². The minimum Gasteiger partial charge on any atom is -0.363 e. The quantitative estimate of drug-likeness (QED) is 0.598. The van der Waals surface area contributed by atoms with Crippen LogP contribution in [0.2, 0.25) is 0 Å². The van der Waals surface area contributed by atoms with E-state index in [0.29, 0.717) is 5.82 Å². The molecule has 0 aliphatic rings. The van der Waals surface area contributed by atoms with Crippen molar-refractivity contribution < 1.29 is 0 Å². The SMILES string of the molecule is CC(Nc1cc(NN)ncn1)c1ccc(Br)cc1. The molecule has 0 aliphatic carbocycles. The summed E-state index contributed by atoms with van der Waals surface area (Å²) in [4.78, 5) is 8.10. The molecule has 0 radical (unpaired) electrons. The van der Waals surface area contributed by atoms with Crippen molar-refractivity contribution in [2.75, 3.05) is 10.7 Å². The molecule has 1 unspecified atom stereocenters. The van der Waals surface area contributed by atoms with Gasteiger partial charge in [0, 0.05) is 16.6 Å². The third kappa shape index (κ3) is 3.18. The lowest BCUT2D eigenvalue weighted by molar-refractivity contribution is 0.871. The highest BCUT2D eigenvalue weighted by Gasteiger charge is 2.06. The molecule has 0 bridgehead atoms. The normalized spacial score (nSPS) is 11.9. The van der Waals surface area contributed by atoms with Crippen molar-refractivity contribution in [2.45, 2.75) is 13.0 Å². The van der Waals surface area contributed by atoms with Crippen LogP contribution >= 0.6 is 15.9 Å². The number of benzene rings is 1. The maximum absolute atomic E-state index is 5.30. The van der Waals surface area contributed by atoms with E-state index in [1.54, 1.807) is 6.07 Å². The first-order chi connectivity index (χ1) is 8.69. The number of nitrogens with one attached hydrogen (secondary N) is 2. The van der Waals surface area contributed by atoms with Gasteiger partial charge in [-0.3, -0.25) is 0 Å². The number of hydrogen-bond donors (Lipinski definition) is 3. The predicted molar refractivity (Wildman–Crippen MR) is 76.0 cm³/mol. The van der Waals surface area contributed by atoms with Gasteiger partial charge in [-0.05, 0) is 24.6 Å². The predicted octanol–water partition coefficient (Wildman–Crippen LogP) is 2.70. The fraction of sp³-hybridized carbons (Fsp3) is 0.167. The molecule has 18 heavy (non-hydrogen) atoms. The van der Waals surface area contributed by atoms with Gasteiger partial charge in [0.25, 0.3) is 0 Å². The molecule has 4 N–H and O–H groups in total. The van der Waals surface area contributed by atoms with Crippen LogP contribution in [0.5, 0.6) is 0 Å². The second-order valence-electron chi connectivity index (χ2n) is 3.85. The Bertz CT molecular complexity index is 514. The first-order valence-corrected chi connectivity index (χ1v) is 6.29. The van der Waals surface area contributed by atoms with Gasteiger partial charge >= 0.3 is 0 Å². The Hall–Kier alpha value is -1.66. The summed E-state index contributed by atoms with van der Waals surface area (Å²) in [7, 11) is 0. The Morgan fingerprint density at radius 2 is 1.83 bits per heavy atom. The topological polar surface area (TPSA) is 75.9 Å². The van der Waals surface area contributed by atoms with Gasteiger partial charge in [0.05, 0.1) is 0 Å². The molecule has 2 aromatic rings. The van der Waals surface area contributed by atoms with Crippen molar-refractivity contribution >= 4 is 27.6 Å². The van der Waals surface area contributed by atoms with E-state index in [1.165, 1.54) is 11.9 Å². The Kier molecular flexibility index (Phi) is 4.11. The molecule has 2 rings (SSSR count). The third-order valence-electron chi connectivity index (χ3n) is 2.55. The standard InChI is InChI=1S/C12H14BrN5/c1-8(9-2-4-10(13)5-3-9)17-11-6-12(18-14)16-7-15-11/h2-8H,14H2,1H3,(H2,15,16,17,18). The average molecular weight is 308 g/mol. The number of aromatic nitrogens is 2. The van der Waals surface area contributed by atoms with Crippen LogP contribution in [0.25, 0.3) is 0 Å². The van der Waals surface area contributed by atoms with E-state index in [0.717, 1.165) is 10.3 Å². The van der Waals surface area contributed by atoms with E-state index in [9.17, 15) is 0 Å². The molecular weight excluding hydrogens is 294 g/mol. The lowest BCUT2D eigenvalue weighted by Crippen LogP contribution is -2.11. The minimum atomic E-state index is 0.152. The number of nitrogens with two attached hydrogens (primary N) is 1. The Labute approximate surface area is 114 Å². The minimum absolute atomic E-state index is 0.152. The van der Waals surface area contributed by atoms with Gasteiger partial charge in [-0.1, -0.05) is 28.1 Å². The number of nitrogen functional groups attached to an aromatic ring is 1. The van der Waals surface area contributed by atoms with Gasteiger partial charge < -0.3 is 10.7 Å². The summed E-state index contributed by atoms with van der Waals surface area (Å²) in [5.41, 5.74) is 3.67. The van der Waals surface area contributed by atoms with Crippen molar-refractivity contribution in [3.8, 4) is 0 Å². The zero-order valence-corrected chi connectivity index (χ0v) is 11.5. The fourth-order valence-electron chi connectivity index (χ4n) is 1.57. The molecule has 6 heteroatoms. The number of hydrazine groups is 1. The molecule has 94 valence electrons. The number of hydrogen-bond acceptors (Lipinski definition) is 5. The molecule has 0 amide bonds. The van der Waals surface area contributed by atoms with Crippen LogP contribution in [-0.4, -0.2) is 9.97 Å². The third-order valence-corrected chi connectivity index (χ3v) is 3.08. The van der Waals surface area contributed by atoms with Gasteiger partial charge in [0.1, 0.15) is 18.0 Å². The van der Waals surface area contributed by atoms with E-state index < -0.39 is 0 Å². The highest BCUT2D eigenvalue weighted by atomic mass is 79.9. The van der Waals surface area contributed by atoms with Crippen LogP contribution in [0.4, 0.5) is 11.6 Å². The van der Waals surface area contributed by atoms with Crippen LogP contribution in [0.3, 0.4) is 0 Å². The molecule has 5 nitrogen and oxygen atoms in total. The molecule has 0 aliphatic heterocycles.